The summed E-state index contributed by atoms with van der Waals surface area (Å²) in [6.07, 6.45) is -1.66. The smallest absolute Gasteiger partial charge is 0.410 e. The van der Waals surface area contributed by atoms with Gasteiger partial charge in [0.15, 0.2) is 11.5 Å². The molecule has 0 bridgehead atoms. The summed E-state index contributed by atoms with van der Waals surface area (Å²) in [5.74, 6) is 0.360. The van der Waals surface area contributed by atoms with Crippen molar-refractivity contribution in [2.45, 2.75) is 51.9 Å². The van der Waals surface area contributed by atoms with Crippen LogP contribution in [0.5, 0.6) is 0 Å². The molecule has 0 aliphatic carbocycles. The maximum absolute atomic E-state index is 14.3. The SMILES string of the molecule is Cc1cc(C#N)nn1-c1nc(Cl)ccc1[C@@H]1C[C@H](F)CN1C(=O)OC(C)(C)C. The lowest BCUT2D eigenvalue weighted by Crippen LogP contribution is -2.37. The molecule has 0 N–H and O–H groups in total. The molecule has 1 aliphatic rings. The van der Waals surface area contributed by atoms with Gasteiger partial charge in [0.2, 0.25) is 0 Å². The number of alkyl halides is 1. The molecule has 148 valence electrons. The zero-order valence-corrected chi connectivity index (χ0v) is 16.9. The molecule has 1 fully saturated rings. The molecule has 3 heterocycles. The normalized spacial score (nSPS) is 19.5. The lowest BCUT2D eigenvalue weighted by molar-refractivity contribution is 0.0216. The molecule has 0 spiro atoms. The molecular weight excluding hydrogens is 385 g/mol. The van der Waals surface area contributed by atoms with Gasteiger partial charge in [-0.3, -0.25) is 4.90 Å². The molecule has 3 rings (SSSR count). The molecule has 1 amide bonds. The molecule has 7 nitrogen and oxygen atoms in total. The summed E-state index contributed by atoms with van der Waals surface area (Å²) in [7, 11) is 0. The van der Waals surface area contributed by atoms with Gasteiger partial charge < -0.3 is 4.74 Å². The van der Waals surface area contributed by atoms with Gasteiger partial charge in [-0.2, -0.15) is 10.4 Å². The summed E-state index contributed by atoms with van der Waals surface area (Å²) >= 11 is 6.08. The van der Waals surface area contributed by atoms with Crippen LogP contribution in [-0.4, -0.2) is 44.1 Å². The highest BCUT2D eigenvalue weighted by Crippen LogP contribution is 2.37. The van der Waals surface area contributed by atoms with E-state index in [2.05, 4.69) is 10.1 Å². The van der Waals surface area contributed by atoms with Crippen molar-refractivity contribution in [2.75, 3.05) is 6.54 Å². The number of nitrogens with zero attached hydrogens (tertiary/aromatic N) is 5. The average molecular weight is 406 g/mol. The number of hydrogen-bond acceptors (Lipinski definition) is 5. The van der Waals surface area contributed by atoms with E-state index in [0.29, 0.717) is 17.1 Å². The first-order chi connectivity index (χ1) is 13.1. The number of carbonyl (C=O) groups excluding carboxylic acids is 1. The van der Waals surface area contributed by atoms with Gasteiger partial charge in [-0.25, -0.2) is 18.9 Å². The van der Waals surface area contributed by atoms with E-state index in [1.54, 1.807) is 45.9 Å². The van der Waals surface area contributed by atoms with Crippen molar-refractivity contribution < 1.29 is 13.9 Å². The number of aromatic nitrogens is 3. The Morgan fingerprint density at radius 2 is 2.14 bits per heavy atom. The van der Waals surface area contributed by atoms with E-state index < -0.39 is 23.9 Å². The summed E-state index contributed by atoms with van der Waals surface area (Å²) in [4.78, 5) is 18.4. The molecule has 0 radical (unpaired) electrons. The lowest BCUT2D eigenvalue weighted by atomic mass is 10.0. The molecule has 1 aliphatic heterocycles. The summed E-state index contributed by atoms with van der Waals surface area (Å²) in [6, 6.07) is 6.31. The van der Waals surface area contributed by atoms with Gasteiger partial charge in [0.05, 0.1) is 12.6 Å². The fourth-order valence-corrected chi connectivity index (χ4v) is 3.35. The van der Waals surface area contributed by atoms with E-state index in [4.69, 9.17) is 21.6 Å². The number of halogens is 2. The summed E-state index contributed by atoms with van der Waals surface area (Å²) in [6.45, 7) is 6.99. The molecule has 28 heavy (non-hydrogen) atoms. The Bertz CT molecular complexity index is 947. The quantitative estimate of drug-likeness (QED) is 0.701. The van der Waals surface area contributed by atoms with Crippen LogP contribution < -0.4 is 0 Å². The Balaban J connectivity index is 2.06. The highest BCUT2D eigenvalue weighted by atomic mass is 35.5. The summed E-state index contributed by atoms with van der Waals surface area (Å²) < 4.78 is 21.2. The van der Waals surface area contributed by atoms with Crippen LogP contribution in [0.2, 0.25) is 5.15 Å². The van der Waals surface area contributed by atoms with Gasteiger partial charge in [0, 0.05) is 17.7 Å². The van der Waals surface area contributed by atoms with Crippen LogP contribution in [0.1, 0.15) is 50.2 Å². The van der Waals surface area contributed by atoms with Crippen molar-refractivity contribution in [3.63, 3.8) is 0 Å². The van der Waals surface area contributed by atoms with Crippen molar-refractivity contribution in [2.24, 2.45) is 0 Å². The van der Waals surface area contributed by atoms with E-state index in [1.165, 1.54) is 9.58 Å². The van der Waals surface area contributed by atoms with Crippen molar-refractivity contribution in [1.82, 2.24) is 19.7 Å². The Morgan fingerprint density at radius 1 is 1.43 bits per heavy atom. The topological polar surface area (TPSA) is 84.0 Å². The van der Waals surface area contributed by atoms with Crippen LogP contribution in [0, 0.1) is 18.3 Å². The Kier molecular flexibility index (Phi) is 5.31. The number of amides is 1. The monoisotopic (exact) mass is 405 g/mol. The second kappa shape index (κ2) is 7.40. The summed E-state index contributed by atoms with van der Waals surface area (Å²) in [5, 5.41) is 13.6. The number of pyridine rings is 1. The second-order valence-electron chi connectivity index (χ2n) is 7.72. The third kappa shape index (κ3) is 4.09. The third-order valence-electron chi connectivity index (χ3n) is 4.31. The first-order valence-electron chi connectivity index (χ1n) is 8.86. The van der Waals surface area contributed by atoms with Crippen molar-refractivity contribution in [3.8, 4) is 11.9 Å². The molecule has 0 unspecified atom stereocenters. The molecule has 0 saturated carbocycles. The molecular formula is C19H21ClFN5O2. The van der Waals surface area contributed by atoms with Crippen LogP contribution in [0.4, 0.5) is 9.18 Å². The largest absolute Gasteiger partial charge is 0.444 e. The number of aryl methyl sites for hydroxylation is 1. The Labute approximate surface area is 167 Å². The molecule has 9 heteroatoms. The minimum Gasteiger partial charge on any atom is -0.444 e. The van der Waals surface area contributed by atoms with Gasteiger partial charge >= 0.3 is 6.09 Å². The molecule has 0 aromatic carbocycles. The van der Waals surface area contributed by atoms with Crippen LogP contribution in [-0.2, 0) is 4.74 Å². The maximum Gasteiger partial charge on any atom is 0.410 e. The van der Waals surface area contributed by atoms with E-state index in [9.17, 15) is 9.18 Å². The van der Waals surface area contributed by atoms with Crippen LogP contribution in [0.25, 0.3) is 5.82 Å². The first-order valence-corrected chi connectivity index (χ1v) is 9.24. The molecule has 1 saturated heterocycles. The zero-order chi connectivity index (χ0) is 20.6. The Morgan fingerprint density at radius 3 is 2.75 bits per heavy atom. The van der Waals surface area contributed by atoms with Gasteiger partial charge in [-0.05, 0) is 39.8 Å². The van der Waals surface area contributed by atoms with Crippen molar-refractivity contribution >= 4 is 17.7 Å². The van der Waals surface area contributed by atoms with Crippen molar-refractivity contribution in [3.05, 3.63) is 40.3 Å². The summed E-state index contributed by atoms with van der Waals surface area (Å²) in [5.41, 5.74) is 0.790. The fraction of sp³-hybridized carbons (Fsp3) is 0.474. The number of nitriles is 1. The van der Waals surface area contributed by atoms with E-state index >= 15 is 0 Å². The highest BCUT2D eigenvalue weighted by molar-refractivity contribution is 6.29. The zero-order valence-electron chi connectivity index (χ0n) is 16.1. The first kappa shape index (κ1) is 20.1. The number of hydrogen-bond donors (Lipinski definition) is 0. The van der Waals surface area contributed by atoms with Crippen LogP contribution in [0.15, 0.2) is 18.2 Å². The van der Waals surface area contributed by atoms with Gasteiger partial charge in [0.1, 0.15) is 23.0 Å². The second-order valence-corrected chi connectivity index (χ2v) is 8.11. The van der Waals surface area contributed by atoms with Crippen LogP contribution >= 0.6 is 11.6 Å². The van der Waals surface area contributed by atoms with Gasteiger partial charge in [-0.1, -0.05) is 17.7 Å². The van der Waals surface area contributed by atoms with E-state index in [1.807, 2.05) is 6.07 Å². The Hall–Kier alpha value is -2.66. The predicted molar refractivity (Wildman–Crippen MR) is 101 cm³/mol. The standard InChI is InChI=1S/C19H21ClFN5O2/c1-11-7-13(9-22)24-26(11)17-14(5-6-16(20)23-17)15-8-12(21)10-25(15)18(27)28-19(2,3)4/h5-7,12,15H,8,10H2,1-4H3/t12-,15-/m0/s1. The average Bonchev–Trinajstić information content (AvgIpc) is 3.16. The van der Waals surface area contributed by atoms with Crippen LogP contribution in [0.3, 0.4) is 0 Å². The number of likely N-dealkylation sites (tertiary alicyclic amines) is 1. The molecule has 2 aromatic heterocycles. The lowest BCUT2D eigenvalue weighted by Gasteiger charge is -2.29. The maximum atomic E-state index is 14.3. The van der Waals surface area contributed by atoms with Gasteiger partial charge in [-0.15, -0.1) is 0 Å². The van der Waals surface area contributed by atoms with E-state index in [0.717, 1.165) is 0 Å². The van der Waals surface area contributed by atoms with Crippen molar-refractivity contribution in [1.29, 1.82) is 5.26 Å². The molecule has 2 aromatic rings. The highest BCUT2D eigenvalue weighted by Gasteiger charge is 2.40. The number of carbonyl (C=O) groups is 1. The number of ether oxygens (including phenoxy) is 1. The minimum absolute atomic E-state index is 0.0663. The molecule has 2 atom stereocenters. The minimum atomic E-state index is -1.19. The third-order valence-corrected chi connectivity index (χ3v) is 4.52. The van der Waals surface area contributed by atoms with E-state index in [-0.39, 0.29) is 23.8 Å². The fourth-order valence-electron chi connectivity index (χ4n) is 3.21. The predicted octanol–water partition coefficient (Wildman–Crippen LogP) is 4.12. The van der Waals surface area contributed by atoms with Gasteiger partial charge in [0.25, 0.3) is 0 Å². The number of rotatable bonds is 2.